The highest BCUT2D eigenvalue weighted by molar-refractivity contribution is 6.11. The van der Waals surface area contributed by atoms with Gasteiger partial charge in [-0.2, -0.15) is 0 Å². The SMILES string of the molecule is COc1cc(CO)c(C2=CCN(C)CC2)c(O)c1C(=O)/C=C/c1ccc(C)cc1. The zero-order valence-electron chi connectivity index (χ0n) is 17.1. The van der Waals surface area contributed by atoms with Gasteiger partial charge in [-0.1, -0.05) is 42.0 Å². The molecule has 1 heterocycles. The maximum absolute atomic E-state index is 13.0. The van der Waals surface area contributed by atoms with E-state index in [4.69, 9.17) is 4.74 Å². The van der Waals surface area contributed by atoms with Crippen molar-refractivity contribution in [2.24, 2.45) is 0 Å². The van der Waals surface area contributed by atoms with Crippen LogP contribution in [0.25, 0.3) is 11.6 Å². The molecular formula is C24H27NO4. The van der Waals surface area contributed by atoms with Crippen LogP contribution in [0.15, 0.2) is 42.5 Å². The molecule has 0 bridgehead atoms. The Morgan fingerprint density at radius 3 is 2.59 bits per heavy atom. The number of hydrogen-bond acceptors (Lipinski definition) is 5. The van der Waals surface area contributed by atoms with Crippen LogP contribution in [0.3, 0.4) is 0 Å². The Morgan fingerprint density at radius 2 is 2.00 bits per heavy atom. The fourth-order valence-electron chi connectivity index (χ4n) is 3.51. The fourth-order valence-corrected chi connectivity index (χ4v) is 3.51. The van der Waals surface area contributed by atoms with E-state index >= 15 is 0 Å². The summed E-state index contributed by atoms with van der Waals surface area (Å²) in [5.41, 5.74) is 4.17. The number of hydrogen-bond donors (Lipinski definition) is 2. The van der Waals surface area contributed by atoms with Gasteiger partial charge in [0.25, 0.3) is 0 Å². The Balaban J connectivity index is 2.04. The minimum absolute atomic E-state index is 0.114. The van der Waals surface area contributed by atoms with E-state index in [1.165, 1.54) is 13.2 Å². The quantitative estimate of drug-likeness (QED) is 0.577. The summed E-state index contributed by atoms with van der Waals surface area (Å²) in [5, 5.41) is 20.9. The van der Waals surface area contributed by atoms with Crippen molar-refractivity contribution in [3.8, 4) is 11.5 Å². The standard InChI is InChI=1S/C24H27NO4/c1-16-4-6-17(7-5-16)8-9-20(27)23-21(29-3)14-19(15-26)22(24(23)28)18-10-12-25(2)13-11-18/h4-10,14,26,28H,11-13,15H2,1-3H3/b9-8+. The number of rotatable bonds is 6. The molecule has 0 atom stereocenters. The van der Waals surface area contributed by atoms with E-state index in [0.717, 1.165) is 36.2 Å². The number of aliphatic hydroxyl groups is 1. The minimum Gasteiger partial charge on any atom is -0.506 e. The second-order valence-electron chi connectivity index (χ2n) is 7.34. The minimum atomic E-state index is -0.348. The topological polar surface area (TPSA) is 70.0 Å². The lowest BCUT2D eigenvalue weighted by Crippen LogP contribution is -2.24. The third-order valence-corrected chi connectivity index (χ3v) is 5.22. The molecular weight excluding hydrogens is 366 g/mol. The summed E-state index contributed by atoms with van der Waals surface area (Å²) in [6, 6.07) is 9.45. The maximum atomic E-state index is 13.0. The number of ketones is 1. The van der Waals surface area contributed by atoms with Gasteiger partial charge in [0.15, 0.2) is 5.78 Å². The van der Waals surface area contributed by atoms with E-state index in [-0.39, 0.29) is 29.5 Å². The number of methoxy groups -OCH3 is 1. The number of phenols is 1. The molecule has 0 aromatic heterocycles. The molecule has 1 aliphatic heterocycles. The van der Waals surface area contributed by atoms with Crippen LogP contribution in [0, 0.1) is 6.92 Å². The molecule has 3 rings (SSSR count). The fraction of sp³-hybridized carbons (Fsp3) is 0.292. The number of ether oxygens (including phenoxy) is 1. The van der Waals surface area contributed by atoms with Gasteiger partial charge in [0, 0.05) is 18.7 Å². The molecule has 0 spiro atoms. The molecule has 152 valence electrons. The van der Waals surface area contributed by atoms with Gasteiger partial charge in [-0.3, -0.25) is 4.79 Å². The molecule has 2 N–H and O–H groups in total. The summed E-state index contributed by atoms with van der Waals surface area (Å²) in [4.78, 5) is 15.1. The van der Waals surface area contributed by atoms with Crippen LogP contribution in [-0.2, 0) is 6.61 Å². The summed E-state index contributed by atoms with van der Waals surface area (Å²) in [6.07, 6.45) is 5.92. The largest absolute Gasteiger partial charge is 0.506 e. The predicted molar refractivity (Wildman–Crippen MR) is 115 cm³/mol. The molecule has 5 nitrogen and oxygen atoms in total. The van der Waals surface area contributed by atoms with Crippen LogP contribution >= 0.6 is 0 Å². The smallest absolute Gasteiger partial charge is 0.193 e. The summed E-state index contributed by atoms with van der Waals surface area (Å²) in [7, 11) is 3.48. The first-order valence-electron chi connectivity index (χ1n) is 9.65. The Bertz CT molecular complexity index is 958. The number of aromatic hydroxyl groups is 1. The van der Waals surface area contributed by atoms with E-state index in [1.807, 2.05) is 44.3 Å². The zero-order chi connectivity index (χ0) is 21.0. The van der Waals surface area contributed by atoms with E-state index in [2.05, 4.69) is 4.90 Å². The highest BCUT2D eigenvalue weighted by Crippen LogP contribution is 2.40. The van der Waals surface area contributed by atoms with Crippen LogP contribution < -0.4 is 4.74 Å². The van der Waals surface area contributed by atoms with E-state index in [9.17, 15) is 15.0 Å². The number of aliphatic hydroxyl groups excluding tert-OH is 1. The van der Waals surface area contributed by atoms with Crippen molar-refractivity contribution < 1.29 is 19.7 Å². The number of likely N-dealkylation sites (N-methyl/N-ethyl adjacent to an activating group) is 1. The van der Waals surface area contributed by atoms with Gasteiger partial charge < -0.3 is 19.8 Å². The normalized spacial score (nSPS) is 14.8. The predicted octanol–water partition coefficient (Wildman–Crippen LogP) is 3.82. The highest BCUT2D eigenvalue weighted by atomic mass is 16.5. The number of carbonyl (C=O) groups excluding carboxylic acids is 1. The first kappa shape index (κ1) is 20.8. The number of carbonyl (C=O) groups is 1. The van der Waals surface area contributed by atoms with Crippen molar-refractivity contribution in [3.05, 3.63) is 70.3 Å². The first-order chi connectivity index (χ1) is 13.9. The highest BCUT2D eigenvalue weighted by Gasteiger charge is 2.25. The van der Waals surface area contributed by atoms with Gasteiger partial charge in [0.05, 0.1) is 13.7 Å². The molecule has 29 heavy (non-hydrogen) atoms. The average Bonchev–Trinajstić information content (AvgIpc) is 2.73. The van der Waals surface area contributed by atoms with Crippen molar-refractivity contribution in [2.75, 3.05) is 27.2 Å². The molecule has 2 aromatic carbocycles. The zero-order valence-corrected chi connectivity index (χ0v) is 17.1. The Kier molecular flexibility index (Phi) is 6.52. The molecule has 0 amide bonds. The monoisotopic (exact) mass is 393 g/mol. The van der Waals surface area contributed by atoms with Gasteiger partial charge in [-0.15, -0.1) is 0 Å². The number of phenolic OH excluding ortho intramolecular Hbond substituents is 1. The van der Waals surface area contributed by atoms with Gasteiger partial charge >= 0.3 is 0 Å². The Hall–Kier alpha value is -2.89. The third kappa shape index (κ3) is 4.58. The lowest BCUT2D eigenvalue weighted by Gasteiger charge is -2.25. The van der Waals surface area contributed by atoms with E-state index < -0.39 is 0 Å². The van der Waals surface area contributed by atoms with Crippen molar-refractivity contribution in [2.45, 2.75) is 20.0 Å². The van der Waals surface area contributed by atoms with Gasteiger partial charge in [0.1, 0.15) is 17.1 Å². The van der Waals surface area contributed by atoms with Crippen LogP contribution in [0.2, 0.25) is 0 Å². The molecule has 0 saturated heterocycles. The summed E-state index contributed by atoms with van der Waals surface area (Å²) < 4.78 is 5.36. The van der Waals surface area contributed by atoms with Crippen molar-refractivity contribution in [3.63, 3.8) is 0 Å². The van der Waals surface area contributed by atoms with Crippen LogP contribution in [0.4, 0.5) is 0 Å². The number of nitrogens with zero attached hydrogens (tertiary/aromatic N) is 1. The summed E-state index contributed by atoms with van der Waals surface area (Å²) in [6.45, 7) is 3.35. The summed E-state index contributed by atoms with van der Waals surface area (Å²) in [5.74, 6) is -0.232. The maximum Gasteiger partial charge on any atom is 0.193 e. The molecule has 5 heteroatoms. The molecule has 0 radical (unpaired) electrons. The molecule has 0 unspecified atom stereocenters. The second kappa shape index (κ2) is 9.07. The third-order valence-electron chi connectivity index (χ3n) is 5.22. The number of allylic oxidation sites excluding steroid dienone is 1. The van der Waals surface area contributed by atoms with Crippen LogP contribution in [0.5, 0.6) is 11.5 Å². The Morgan fingerprint density at radius 1 is 1.28 bits per heavy atom. The Labute approximate surface area is 171 Å². The van der Waals surface area contributed by atoms with Gasteiger partial charge in [-0.25, -0.2) is 0 Å². The lowest BCUT2D eigenvalue weighted by molar-refractivity contribution is 0.104. The first-order valence-corrected chi connectivity index (χ1v) is 9.65. The van der Waals surface area contributed by atoms with Crippen molar-refractivity contribution in [1.29, 1.82) is 0 Å². The molecule has 2 aromatic rings. The number of benzene rings is 2. The molecule has 1 aliphatic rings. The van der Waals surface area contributed by atoms with Gasteiger partial charge in [0.2, 0.25) is 0 Å². The van der Waals surface area contributed by atoms with Gasteiger partial charge in [-0.05, 0) is 49.2 Å². The molecule has 0 fully saturated rings. The van der Waals surface area contributed by atoms with Crippen molar-refractivity contribution in [1.82, 2.24) is 4.90 Å². The number of aryl methyl sites for hydroxylation is 1. The summed E-state index contributed by atoms with van der Waals surface area (Å²) >= 11 is 0. The lowest BCUT2D eigenvalue weighted by atomic mass is 9.90. The molecule has 0 saturated carbocycles. The van der Waals surface area contributed by atoms with Crippen LogP contribution in [0.1, 0.15) is 39.0 Å². The van der Waals surface area contributed by atoms with E-state index in [0.29, 0.717) is 11.1 Å². The second-order valence-corrected chi connectivity index (χ2v) is 7.34. The van der Waals surface area contributed by atoms with Crippen LogP contribution in [-0.4, -0.2) is 48.1 Å². The molecule has 0 aliphatic carbocycles. The average molecular weight is 393 g/mol. The van der Waals surface area contributed by atoms with E-state index in [1.54, 1.807) is 12.1 Å². The van der Waals surface area contributed by atoms with Crippen molar-refractivity contribution >= 4 is 17.4 Å².